The van der Waals surface area contributed by atoms with Crippen LogP contribution in [0.3, 0.4) is 0 Å². The lowest BCUT2D eigenvalue weighted by atomic mass is 10.2. The van der Waals surface area contributed by atoms with E-state index in [0.29, 0.717) is 11.8 Å². The van der Waals surface area contributed by atoms with E-state index in [4.69, 9.17) is 23.2 Å². The maximum Gasteiger partial charge on any atom is 0.0263 e. The molecule has 0 spiro atoms. The largest absolute Gasteiger partial charge is 0.126 e. The standard InChI is InChI=1S/C16H16Cl2S/c17-11-9-13-1-5-15(6-2-13)19-16-7-3-14(4-8-16)10-12-18/h1-8H,9-12H2. The van der Waals surface area contributed by atoms with Crippen LogP contribution in [0.15, 0.2) is 58.3 Å². The van der Waals surface area contributed by atoms with Crippen LogP contribution in [0.1, 0.15) is 11.1 Å². The first-order chi connectivity index (χ1) is 9.31. The van der Waals surface area contributed by atoms with E-state index in [1.165, 1.54) is 20.9 Å². The van der Waals surface area contributed by atoms with E-state index in [-0.39, 0.29) is 0 Å². The highest BCUT2D eigenvalue weighted by Gasteiger charge is 1.99. The van der Waals surface area contributed by atoms with Gasteiger partial charge in [0.05, 0.1) is 0 Å². The third kappa shape index (κ3) is 4.76. The number of aryl methyl sites for hydroxylation is 2. The lowest BCUT2D eigenvalue weighted by Crippen LogP contribution is -1.86. The Bertz CT molecular complexity index is 444. The van der Waals surface area contributed by atoms with Gasteiger partial charge in [0, 0.05) is 21.6 Å². The molecule has 0 fully saturated rings. The lowest BCUT2D eigenvalue weighted by molar-refractivity contribution is 1.14. The molecule has 2 aromatic carbocycles. The van der Waals surface area contributed by atoms with E-state index in [1.54, 1.807) is 11.8 Å². The van der Waals surface area contributed by atoms with Gasteiger partial charge in [-0.3, -0.25) is 0 Å². The van der Waals surface area contributed by atoms with Crippen molar-refractivity contribution < 1.29 is 0 Å². The van der Waals surface area contributed by atoms with E-state index < -0.39 is 0 Å². The Balaban J connectivity index is 1.99. The van der Waals surface area contributed by atoms with Crippen LogP contribution in [0.4, 0.5) is 0 Å². The quantitative estimate of drug-likeness (QED) is 0.644. The van der Waals surface area contributed by atoms with Gasteiger partial charge in [-0.05, 0) is 48.2 Å². The summed E-state index contributed by atoms with van der Waals surface area (Å²) in [5, 5.41) is 0. The fraction of sp³-hybridized carbons (Fsp3) is 0.250. The molecule has 0 amide bonds. The van der Waals surface area contributed by atoms with Crippen LogP contribution in [0.2, 0.25) is 0 Å². The van der Waals surface area contributed by atoms with E-state index in [9.17, 15) is 0 Å². The molecule has 0 heterocycles. The first kappa shape index (κ1) is 14.8. The zero-order valence-corrected chi connectivity index (χ0v) is 12.9. The molecule has 0 aliphatic heterocycles. The molecule has 0 atom stereocenters. The van der Waals surface area contributed by atoms with E-state index in [2.05, 4.69) is 48.5 Å². The number of hydrogen-bond donors (Lipinski definition) is 0. The summed E-state index contributed by atoms with van der Waals surface area (Å²) in [5.74, 6) is 1.35. The predicted molar refractivity (Wildman–Crippen MR) is 85.9 cm³/mol. The number of alkyl halides is 2. The van der Waals surface area contributed by atoms with Gasteiger partial charge in [-0.25, -0.2) is 0 Å². The minimum absolute atomic E-state index is 0.675. The van der Waals surface area contributed by atoms with Crippen molar-refractivity contribution in [2.75, 3.05) is 11.8 Å². The highest BCUT2D eigenvalue weighted by Crippen LogP contribution is 2.28. The monoisotopic (exact) mass is 310 g/mol. The smallest absolute Gasteiger partial charge is 0.0263 e. The fourth-order valence-corrected chi connectivity index (χ4v) is 3.06. The molecule has 0 saturated carbocycles. The minimum atomic E-state index is 0.675. The number of hydrogen-bond acceptors (Lipinski definition) is 1. The summed E-state index contributed by atoms with van der Waals surface area (Å²) in [6.45, 7) is 0. The number of rotatable bonds is 6. The SMILES string of the molecule is ClCCc1ccc(Sc2ccc(CCCl)cc2)cc1. The van der Waals surface area contributed by atoms with Crippen molar-refractivity contribution in [2.45, 2.75) is 22.6 Å². The Kier molecular flexibility index (Phi) is 6.09. The highest BCUT2D eigenvalue weighted by atomic mass is 35.5. The van der Waals surface area contributed by atoms with Crippen molar-refractivity contribution >= 4 is 35.0 Å². The fourth-order valence-electron chi connectivity index (χ4n) is 1.80. The van der Waals surface area contributed by atoms with Crippen LogP contribution in [0.5, 0.6) is 0 Å². The summed E-state index contributed by atoms with van der Waals surface area (Å²) in [5.41, 5.74) is 2.58. The summed E-state index contributed by atoms with van der Waals surface area (Å²) < 4.78 is 0. The molecule has 3 heteroatoms. The van der Waals surface area contributed by atoms with Crippen molar-refractivity contribution in [3.63, 3.8) is 0 Å². The number of benzene rings is 2. The first-order valence-electron chi connectivity index (χ1n) is 6.29. The molecular formula is C16H16Cl2S. The van der Waals surface area contributed by atoms with Gasteiger partial charge in [0.15, 0.2) is 0 Å². The normalized spacial score (nSPS) is 10.6. The second-order valence-corrected chi connectivity index (χ2v) is 6.17. The van der Waals surface area contributed by atoms with Gasteiger partial charge >= 0.3 is 0 Å². The van der Waals surface area contributed by atoms with Gasteiger partial charge in [0.2, 0.25) is 0 Å². The zero-order valence-electron chi connectivity index (χ0n) is 10.6. The average molecular weight is 311 g/mol. The molecule has 0 aliphatic rings. The zero-order chi connectivity index (χ0) is 13.5. The Labute approximate surface area is 129 Å². The molecule has 0 aliphatic carbocycles. The second-order valence-electron chi connectivity index (χ2n) is 4.27. The van der Waals surface area contributed by atoms with Gasteiger partial charge in [-0.2, -0.15) is 0 Å². The minimum Gasteiger partial charge on any atom is -0.126 e. The Morgan fingerprint density at radius 3 is 1.32 bits per heavy atom. The third-order valence-corrected chi connectivity index (χ3v) is 4.24. The molecule has 100 valence electrons. The topological polar surface area (TPSA) is 0 Å². The van der Waals surface area contributed by atoms with Crippen LogP contribution in [-0.4, -0.2) is 11.8 Å². The summed E-state index contributed by atoms with van der Waals surface area (Å²) in [6, 6.07) is 17.2. The van der Waals surface area contributed by atoms with Gasteiger partial charge in [-0.1, -0.05) is 36.0 Å². The average Bonchev–Trinajstić information content (AvgIpc) is 2.44. The van der Waals surface area contributed by atoms with Crippen LogP contribution in [-0.2, 0) is 12.8 Å². The van der Waals surface area contributed by atoms with Crippen LogP contribution >= 0.6 is 35.0 Å². The molecule has 2 aromatic rings. The maximum absolute atomic E-state index is 5.73. The molecule has 0 bridgehead atoms. The summed E-state index contributed by atoms with van der Waals surface area (Å²) in [6.07, 6.45) is 1.86. The molecule has 0 aromatic heterocycles. The van der Waals surface area contributed by atoms with Gasteiger partial charge in [-0.15, -0.1) is 23.2 Å². The molecular weight excluding hydrogens is 295 g/mol. The molecule has 19 heavy (non-hydrogen) atoms. The summed E-state index contributed by atoms with van der Waals surface area (Å²) in [4.78, 5) is 2.51. The van der Waals surface area contributed by atoms with Gasteiger partial charge in [0.1, 0.15) is 0 Å². The van der Waals surface area contributed by atoms with Crippen molar-refractivity contribution in [1.29, 1.82) is 0 Å². The molecule has 0 saturated heterocycles. The second kappa shape index (κ2) is 7.84. The lowest BCUT2D eigenvalue weighted by Gasteiger charge is -2.04. The Morgan fingerprint density at radius 2 is 1.00 bits per heavy atom. The van der Waals surface area contributed by atoms with Crippen molar-refractivity contribution in [1.82, 2.24) is 0 Å². The summed E-state index contributed by atoms with van der Waals surface area (Å²) >= 11 is 13.2. The van der Waals surface area contributed by atoms with Gasteiger partial charge < -0.3 is 0 Å². The van der Waals surface area contributed by atoms with Crippen LogP contribution in [0, 0.1) is 0 Å². The molecule has 2 rings (SSSR count). The third-order valence-electron chi connectivity index (χ3n) is 2.85. The van der Waals surface area contributed by atoms with E-state index in [0.717, 1.165) is 12.8 Å². The van der Waals surface area contributed by atoms with Crippen molar-refractivity contribution in [2.24, 2.45) is 0 Å². The van der Waals surface area contributed by atoms with E-state index in [1.807, 2.05) is 0 Å². The van der Waals surface area contributed by atoms with Crippen molar-refractivity contribution in [3.8, 4) is 0 Å². The van der Waals surface area contributed by atoms with E-state index >= 15 is 0 Å². The molecule has 0 nitrogen and oxygen atoms in total. The van der Waals surface area contributed by atoms with Gasteiger partial charge in [0.25, 0.3) is 0 Å². The molecule has 0 unspecified atom stereocenters. The van der Waals surface area contributed by atoms with Crippen LogP contribution < -0.4 is 0 Å². The molecule has 0 radical (unpaired) electrons. The highest BCUT2D eigenvalue weighted by molar-refractivity contribution is 7.99. The van der Waals surface area contributed by atoms with Crippen molar-refractivity contribution in [3.05, 3.63) is 59.7 Å². The predicted octanol–water partition coefficient (Wildman–Crippen LogP) is 5.40. The maximum atomic E-state index is 5.73. The van der Waals surface area contributed by atoms with Crippen LogP contribution in [0.25, 0.3) is 0 Å². The Morgan fingerprint density at radius 1 is 0.632 bits per heavy atom. The summed E-state index contributed by atoms with van der Waals surface area (Å²) in [7, 11) is 0. The Hall–Kier alpha value is -0.630. The first-order valence-corrected chi connectivity index (χ1v) is 8.18. The molecule has 0 N–H and O–H groups in total. The number of halogens is 2.